The minimum Gasteiger partial charge on any atom is -0.407 e. The van der Waals surface area contributed by atoms with Crippen LogP contribution in [0.1, 0.15) is 22.3 Å². The van der Waals surface area contributed by atoms with Gasteiger partial charge in [-0.3, -0.25) is 0 Å². The Morgan fingerprint density at radius 2 is 0.500 bits per heavy atom. The van der Waals surface area contributed by atoms with Gasteiger partial charge in [-0.05, 0) is 237 Å². The fourth-order valence-corrected chi connectivity index (χ4v) is 20.1. The first kappa shape index (κ1) is 68.3. The molecule has 0 fully saturated rings. The fraction of sp³-hybridized carbons (Fsp3) is 0.0588. The topological polar surface area (TPSA) is 118 Å². The average molecular weight is 1470 g/mol. The molecule has 7 aliphatic heterocycles. The number of halogens is 2. The first-order chi connectivity index (χ1) is 45.4. The van der Waals surface area contributed by atoms with E-state index in [1.807, 2.05) is 97.1 Å². The number of hydrazone groups is 4. The van der Waals surface area contributed by atoms with Gasteiger partial charge in [-0.25, -0.2) is 19.1 Å². The second-order valence-corrected chi connectivity index (χ2v) is 41.9. The van der Waals surface area contributed by atoms with E-state index in [2.05, 4.69) is 142 Å². The second kappa shape index (κ2) is 31.2. The van der Waals surface area contributed by atoms with Crippen LogP contribution < -0.4 is 59.0 Å². The van der Waals surface area contributed by atoms with Crippen LogP contribution in [0.15, 0.2) is 287 Å². The predicted molar refractivity (Wildman–Crippen MR) is 410 cm³/mol. The molecule has 10 aromatic carbocycles. The van der Waals surface area contributed by atoms with E-state index in [-0.39, 0.29) is 0 Å². The molecule has 0 aliphatic carbocycles. The van der Waals surface area contributed by atoms with Gasteiger partial charge in [0.1, 0.15) is 34.5 Å². The van der Waals surface area contributed by atoms with Crippen molar-refractivity contribution in [2.45, 2.75) is 0 Å². The normalized spacial score (nSPS) is 19.6. The van der Waals surface area contributed by atoms with Crippen molar-refractivity contribution >= 4 is 167 Å². The third-order valence-corrected chi connectivity index (χ3v) is 31.6. The Bertz CT molecular complexity index is 4000. The number of nitrogens with zero attached hydrogens (tertiary/aromatic N) is 8. The molecule has 7 heterocycles. The Balaban J connectivity index is 0.857. The molecule has 0 spiro atoms. The molecule has 0 saturated carbocycles. The van der Waals surface area contributed by atoms with Crippen molar-refractivity contribution in [3.8, 4) is 34.5 Å². The highest BCUT2D eigenvalue weighted by Crippen LogP contribution is 2.59. The lowest BCUT2D eigenvalue weighted by atomic mass is 10.2. The van der Waals surface area contributed by atoms with Gasteiger partial charge in [0.25, 0.3) is 0 Å². The molecule has 0 unspecified atom stereocenters. The largest absolute Gasteiger partial charge is 0.490 e. The zero-order chi connectivity index (χ0) is 65.7. The van der Waals surface area contributed by atoms with Gasteiger partial charge >= 0.3 is 13.4 Å². The Kier molecular flexibility index (Phi) is 22.7. The summed E-state index contributed by atoms with van der Waals surface area (Å²) in [6, 6.07) is 86.5. The maximum absolute atomic E-state index is 7.09. The van der Waals surface area contributed by atoms with E-state index in [0.717, 1.165) is 32.9 Å². The van der Waals surface area contributed by atoms with Crippen LogP contribution in [-0.4, -0.2) is 72.2 Å². The molecule has 0 radical (unpaired) electrons. The Labute approximate surface area is 580 Å². The lowest BCUT2D eigenvalue weighted by Gasteiger charge is -2.29. The van der Waals surface area contributed by atoms with Crippen LogP contribution >= 0.6 is 63.1 Å². The molecule has 94 heavy (non-hydrogen) atoms. The van der Waals surface area contributed by atoms with Crippen LogP contribution in [-0.2, 0) is 47.2 Å². The van der Waals surface area contributed by atoms with Gasteiger partial charge in [-0.15, -0.1) is 0 Å². The maximum atomic E-state index is 7.09. The quantitative estimate of drug-likeness (QED) is 0.121. The summed E-state index contributed by atoms with van der Waals surface area (Å²) in [7, 11) is 5.10. The average Bonchev–Trinajstić information content (AvgIpc) is 1.04. The van der Waals surface area contributed by atoms with Crippen LogP contribution in [0.2, 0.25) is 0 Å². The van der Waals surface area contributed by atoms with Crippen molar-refractivity contribution in [2.24, 2.45) is 20.4 Å². The van der Waals surface area contributed by atoms with Crippen LogP contribution in [0.3, 0.4) is 0 Å². The highest BCUT2D eigenvalue weighted by molar-refractivity contribution is 8.25. The van der Waals surface area contributed by atoms with E-state index >= 15 is 0 Å². The smallest absolute Gasteiger partial charge is 0.407 e. The molecule has 0 atom stereocenters. The summed E-state index contributed by atoms with van der Waals surface area (Å²) in [5, 5.41) is 25.7. The van der Waals surface area contributed by atoms with Crippen molar-refractivity contribution in [3.63, 3.8) is 0 Å². The zero-order valence-corrected chi connectivity index (χ0v) is 61.0. The summed E-state index contributed by atoms with van der Waals surface area (Å²) in [6.45, 7) is -7.31. The van der Waals surface area contributed by atoms with Crippen molar-refractivity contribution in [1.82, 2.24) is 19.1 Å². The highest BCUT2D eigenvalue weighted by Gasteiger charge is 2.31. The third kappa shape index (κ3) is 17.9. The van der Waals surface area contributed by atoms with Gasteiger partial charge in [-0.2, -0.15) is 20.4 Å². The molecule has 0 aromatic heterocycles. The molecule has 7 aliphatic rings. The number of hydrogen-bond acceptors (Lipinski definition) is 14. The Morgan fingerprint density at radius 1 is 0.298 bits per heavy atom. The SMILES string of the molecule is CN1N=Cc2ccc(cc2)OP(=S)(Oc2ccc(P(c3ccccc3)c3ccccc3)cc2)Oc2ccc(cc2)C=NN(C)P(=S)(Cl)N(C)N=Cc2ccc(cc2)OP(=S)(Oc2ccc(P(c3ccccc3)c3ccccc3)cc2)Oc2ccc(cc2)C=NN(C)P1(=S)Cl. The summed E-state index contributed by atoms with van der Waals surface area (Å²) < 4.78 is 45.4. The molecule has 26 heteroatoms. The Morgan fingerprint density at radius 3 is 0.713 bits per heavy atom. The van der Waals surface area contributed by atoms with Crippen molar-refractivity contribution in [2.75, 3.05) is 28.2 Å². The van der Waals surface area contributed by atoms with E-state index in [4.69, 9.17) is 96.9 Å². The van der Waals surface area contributed by atoms with Gasteiger partial charge in [0.05, 0.1) is 24.9 Å². The van der Waals surface area contributed by atoms with Gasteiger partial charge < -0.3 is 27.1 Å². The maximum Gasteiger partial charge on any atom is 0.490 e. The minimum atomic E-state index is -3.65. The molecule has 17 rings (SSSR count). The van der Waals surface area contributed by atoms with Crippen LogP contribution in [0.5, 0.6) is 34.5 Å². The summed E-state index contributed by atoms with van der Waals surface area (Å²) in [5.41, 5.74) is -3.19. The molecule has 10 aromatic rings. The van der Waals surface area contributed by atoms with Gasteiger partial charge in [0.2, 0.25) is 11.4 Å². The van der Waals surface area contributed by atoms with Crippen LogP contribution in [0.25, 0.3) is 0 Å². The van der Waals surface area contributed by atoms with Crippen molar-refractivity contribution < 1.29 is 27.1 Å². The fourth-order valence-electron chi connectivity index (χ4n) is 9.09. The third-order valence-electron chi connectivity index (χ3n) is 14.0. The lowest BCUT2D eigenvalue weighted by Crippen LogP contribution is -2.20. The molecular formula is C68H60Cl2N8O6P6S4. The molecule has 476 valence electrons. The molecule has 0 N–H and O–H groups in total. The molecule has 0 amide bonds. The summed E-state index contributed by atoms with van der Waals surface area (Å²) in [5.74, 6) is 2.57. The number of benzene rings is 10. The number of rotatable bonds is 10. The van der Waals surface area contributed by atoms with Gasteiger partial charge in [-0.1, -0.05) is 146 Å². The van der Waals surface area contributed by atoms with Gasteiger partial charge in [0, 0.05) is 51.8 Å². The van der Waals surface area contributed by atoms with E-state index < -0.39 is 40.7 Å². The Hall–Kier alpha value is -7.08. The lowest BCUT2D eigenvalue weighted by molar-refractivity contribution is 0.383. The van der Waals surface area contributed by atoms with E-state index in [9.17, 15) is 0 Å². The molecule has 14 nitrogen and oxygen atoms in total. The molecular weight excluding hydrogens is 1410 g/mol. The highest BCUT2D eigenvalue weighted by atomic mass is 35.7. The monoisotopic (exact) mass is 1470 g/mol. The van der Waals surface area contributed by atoms with Crippen molar-refractivity contribution in [3.05, 3.63) is 289 Å². The summed E-state index contributed by atoms with van der Waals surface area (Å²) >= 11 is 38.5. The first-order valence-corrected chi connectivity index (χ1v) is 43.9. The summed E-state index contributed by atoms with van der Waals surface area (Å²) in [6.07, 6.45) is 6.59. The van der Waals surface area contributed by atoms with Gasteiger partial charge in [0.15, 0.2) is 0 Å². The molecule has 8 bridgehead atoms. The number of hydrogen-bond donors (Lipinski definition) is 0. The zero-order valence-electron chi connectivity index (χ0n) is 50.8. The minimum absolute atomic E-state index is 0.405. The molecule has 0 saturated heterocycles. The van der Waals surface area contributed by atoms with E-state index in [1.54, 1.807) is 102 Å². The first-order valence-electron chi connectivity index (χ1n) is 28.9. The van der Waals surface area contributed by atoms with Crippen molar-refractivity contribution in [1.29, 1.82) is 0 Å². The second-order valence-electron chi connectivity index (χ2n) is 20.6. The van der Waals surface area contributed by atoms with E-state index in [1.165, 1.54) is 40.3 Å². The summed E-state index contributed by atoms with van der Waals surface area (Å²) in [4.78, 5) is 0. The standard InChI is InChI=1S/C68H60Cl2N8O6P6S4/c1-75-71-49-53-25-33-57(34-26-53)79-89(93,83-61-41-45-67(46-42-61)85(63-17-9-5-10-18-63)64-19-11-6-12-20-64)81-59-37-29-55(30-38-59)51-73-77(3)88(70,92)78(4)74-52-56-31-39-60(40-32-56)82-90(94,80-58-35-27-54(28-36-58)50-72-76(2)87(75,69)91)84-62-43-47-68(48-44-62)86(65-21-13-7-14-22-65)66-23-15-8-16-24-66/h5-52H,1-4H3. The predicted octanol–water partition coefficient (Wildman–Crippen LogP) is 16.4. The van der Waals surface area contributed by atoms with Crippen LogP contribution in [0, 0.1) is 0 Å². The van der Waals surface area contributed by atoms with E-state index in [0.29, 0.717) is 34.5 Å². The van der Waals surface area contributed by atoms with Crippen LogP contribution in [0.4, 0.5) is 0 Å².